The van der Waals surface area contributed by atoms with E-state index in [4.69, 9.17) is 4.74 Å². The maximum absolute atomic E-state index is 12.0. The van der Waals surface area contributed by atoms with Crippen molar-refractivity contribution < 1.29 is 9.53 Å². The lowest BCUT2D eigenvalue weighted by Crippen LogP contribution is -2.49. The molecule has 3 nitrogen and oxygen atoms in total. The van der Waals surface area contributed by atoms with E-state index in [1.165, 1.54) is 58.0 Å². The van der Waals surface area contributed by atoms with Crippen molar-refractivity contribution in [3.8, 4) is 0 Å². The van der Waals surface area contributed by atoms with Crippen molar-refractivity contribution in [3.05, 3.63) is 0 Å². The molecule has 108 valence electrons. The maximum Gasteiger partial charge on any atom is 0.308 e. The zero-order chi connectivity index (χ0) is 13.1. The first kappa shape index (κ1) is 13.4. The largest absolute Gasteiger partial charge is 0.465 e. The first-order valence-corrected chi connectivity index (χ1v) is 8.25. The molecule has 1 aliphatic carbocycles. The van der Waals surface area contributed by atoms with Crippen LogP contribution in [-0.2, 0) is 9.53 Å². The van der Waals surface area contributed by atoms with Crippen LogP contribution in [0.25, 0.3) is 0 Å². The zero-order valence-corrected chi connectivity index (χ0v) is 12.0. The minimum Gasteiger partial charge on any atom is -0.465 e. The topological polar surface area (TPSA) is 29.5 Å². The van der Waals surface area contributed by atoms with Crippen LogP contribution in [0.15, 0.2) is 0 Å². The molecule has 3 heteroatoms. The fourth-order valence-corrected chi connectivity index (χ4v) is 4.24. The second kappa shape index (κ2) is 6.25. The van der Waals surface area contributed by atoms with E-state index in [-0.39, 0.29) is 11.9 Å². The van der Waals surface area contributed by atoms with E-state index < -0.39 is 0 Å². The van der Waals surface area contributed by atoms with E-state index in [1.807, 2.05) is 0 Å². The highest BCUT2D eigenvalue weighted by Crippen LogP contribution is 2.32. The normalized spacial score (nSPS) is 33.1. The van der Waals surface area contributed by atoms with Gasteiger partial charge in [-0.15, -0.1) is 0 Å². The van der Waals surface area contributed by atoms with Gasteiger partial charge in [0.15, 0.2) is 0 Å². The standard InChI is InChI=1S/C16H27NO2/c18-16(13-6-1-2-7-13)19-12-14-8-5-11-17-10-4-3-9-15(14)17/h13-15H,1-12H2. The van der Waals surface area contributed by atoms with Crippen molar-refractivity contribution in [1.29, 1.82) is 0 Å². The summed E-state index contributed by atoms with van der Waals surface area (Å²) < 4.78 is 5.65. The average Bonchev–Trinajstić information content (AvgIpc) is 2.99. The highest BCUT2D eigenvalue weighted by molar-refractivity contribution is 5.72. The molecule has 0 amide bonds. The molecule has 0 N–H and O–H groups in total. The third-order valence-corrected chi connectivity index (χ3v) is 5.36. The number of fused-ring (bicyclic) bond motifs is 1. The van der Waals surface area contributed by atoms with Crippen molar-refractivity contribution in [3.63, 3.8) is 0 Å². The van der Waals surface area contributed by atoms with Crippen LogP contribution >= 0.6 is 0 Å². The fourth-order valence-electron chi connectivity index (χ4n) is 4.24. The van der Waals surface area contributed by atoms with Crippen molar-refractivity contribution in [1.82, 2.24) is 4.90 Å². The third kappa shape index (κ3) is 3.13. The van der Waals surface area contributed by atoms with Gasteiger partial charge in [-0.3, -0.25) is 9.69 Å². The number of esters is 1. The molecule has 3 rings (SSSR count). The Kier molecular flexibility index (Phi) is 4.42. The van der Waals surface area contributed by atoms with Gasteiger partial charge in [0, 0.05) is 12.0 Å². The molecule has 2 unspecified atom stereocenters. The molecule has 19 heavy (non-hydrogen) atoms. The van der Waals surface area contributed by atoms with Crippen LogP contribution in [-0.4, -0.2) is 36.6 Å². The second-order valence-electron chi connectivity index (χ2n) is 6.61. The van der Waals surface area contributed by atoms with Gasteiger partial charge < -0.3 is 4.74 Å². The Balaban J connectivity index is 1.49. The van der Waals surface area contributed by atoms with Crippen LogP contribution in [0.4, 0.5) is 0 Å². The lowest BCUT2D eigenvalue weighted by atomic mass is 9.84. The van der Waals surface area contributed by atoms with Crippen LogP contribution in [0.3, 0.4) is 0 Å². The summed E-state index contributed by atoms with van der Waals surface area (Å²) in [5.74, 6) is 0.899. The van der Waals surface area contributed by atoms with Gasteiger partial charge in [-0.1, -0.05) is 19.3 Å². The number of carbonyl (C=O) groups excluding carboxylic acids is 1. The Morgan fingerprint density at radius 2 is 1.68 bits per heavy atom. The van der Waals surface area contributed by atoms with Crippen molar-refractivity contribution in [2.75, 3.05) is 19.7 Å². The highest BCUT2D eigenvalue weighted by atomic mass is 16.5. The van der Waals surface area contributed by atoms with Gasteiger partial charge in [0.1, 0.15) is 0 Å². The first-order chi connectivity index (χ1) is 9.34. The number of piperidine rings is 2. The van der Waals surface area contributed by atoms with Gasteiger partial charge in [0.2, 0.25) is 0 Å². The summed E-state index contributed by atoms with van der Waals surface area (Å²) >= 11 is 0. The summed E-state index contributed by atoms with van der Waals surface area (Å²) in [5.41, 5.74) is 0. The predicted octanol–water partition coefficient (Wildman–Crippen LogP) is 2.98. The molecule has 0 aromatic rings. The number of hydrogen-bond acceptors (Lipinski definition) is 3. The van der Waals surface area contributed by atoms with Gasteiger partial charge >= 0.3 is 5.97 Å². The summed E-state index contributed by atoms with van der Waals surface area (Å²) in [6.45, 7) is 3.20. The highest BCUT2D eigenvalue weighted by Gasteiger charge is 2.34. The molecule has 0 bridgehead atoms. The number of rotatable bonds is 3. The number of ether oxygens (including phenoxy) is 1. The number of hydrogen-bond donors (Lipinski definition) is 0. The van der Waals surface area contributed by atoms with E-state index in [9.17, 15) is 4.79 Å². The molecule has 3 aliphatic rings. The fraction of sp³-hybridized carbons (Fsp3) is 0.938. The lowest BCUT2D eigenvalue weighted by molar-refractivity contribution is -0.151. The van der Waals surface area contributed by atoms with Crippen LogP contribution in [0.2, 0.25) is 0 Å². The molecular weight excluding hydrogens is 238 g/mol. The molecule has 2 heterocycles. The monoisotopic (exact) mass is 265 g/mol. The van der Waals surface area contributed by atoms with Crippen LogP contribution < -0.4 is 0 Å². The third-order valence-electron chi connectivity index (χ3n) is 5.36. The predicted molar refractivity (Wildman–Crippen MR) is 74.9 cm³/mol. The summed E-state index contributed by atoms with van der Waals surface area (Å²) in [5, 5.41) is 0. The lowest BCUT2D eigenvalue weighted by Gasteiger charge is -2.44. The molecule has 0 spiro atoms. The second-order valence-corrected chi connectivity index (χ2v) is 6.61. The molecule has 2 atom stereocenters. The molecule has 0 aromatic carbocycles. The smallest absolute Gasteiger partial charge is 0.308 e. The summed E-state index contributed by atoms with van der Waals surface area (Å²) in [7, 11) is 0. The Labute approximate surface area is 116 Å². The molecule has 1 saturated carbocycles. The van der Waals surface area contributed by atoms with Gasteiger partial charge in [0.05, 0.1) is 12.5 Å². The molecular formula is C16H27NO2. The van der Waals surface area contributed by atoms with Gasteiger partial charge in [-0.25, -0.2) is 0 Å². The Morgan fingerprint density at radius 1 is 0.947 bits per heavy atom. The quantitative estimate of drug-likeness (QED) is 0.735. The van der Waals surface area contributed by atoms with Crippen LogP contribution in [0.1, 0.15) is 57.8 Å². The van der Waals surface area contributed by atoms with E-state index in [0.717, 1.165) is 12.8 Å². The van der Waals surface area contributed by atoms with E-state index in [0.29, 0.717) is 18.6 Å². The van der Waals surface area contributed by atoms with Gasteiger partial charge in [0.25, 0.3) is 0 Å². The average molecular weight is 265 g/mol. The minimum atomic E-state index is 0.0884. The van der Waals surface area contributed by atoms with E-state index in [2.05, 4.69) is 4.90 Å². The Bertz CT molecular complexity index is 310. The molecule has 2 saturated heterocycles. The molecule has 2 aliphatic heterocycles. The van der Waals surface area contributed by atoms with Crippen LogP contribution in [0.5, 0.6) is 0 Å². The Hall–Kier alpha value is -0.570. The minimum absolute atomic E-state index is 0.0884. The van der Waals surface area contributed by atoms with Crippen LogP contribution in [0, 0.1) is 11.8 Å². The van der Waals surface area contributed by atoms with Crippen molar-refractivity contribution >= 4 is 5.97 Å². The number of nitrogens with zero attached hydrogens (tertiary/aromatic N) is 1. The Morgan fingerprint density at radius 3 is 2.53 bits per heavy atom. The SMILES string of the molecule is O=C(OCC1CCCN2CCCCC12)C1CCCC1. The summed E-state index contributed by atoms with van der Waals surface area (Å²) in [6.07, 6.45) is 11.1. The van der Waals surface area contributed by atoms with E-state index in [1.54, 1.807) is 0 Å². The zero-order valence-electron chi connectivity index (χ0n) is 12.0. The van der Waals surface area contributed by atoms with E-state index >= 15 is 0 Å². The molecule has 0 radical (unpaired) electrons. The molecule has 3 fully saturated rings. The van der Waals surface area contributed by atoms with Gasteiger partial charge in [-0.05, 0) is 51.6 Å². The van der Waals surface area contributed by atoms with Gasteiger partial charge in [-0.2, -0.15) is 0 Å². The van der Waals surface area contributed by atoms with Crippen molar-refractivity contribution in [2.45, 2.75) is 63.8 Å². The summed E-state index contributed by atoms with van der Waals surface area (Å²) in [6, 6.07) is 0.693. The first-order valence-electron chi connectivity index (χ1n) is 8.25. The number of carbonyl (C=O) groups is 1. The maximum atomic E-state index is 12.0. The molecule has 0 aromatic heterocycles. The summed E-state index contributed by atoms with van der Waals surface area (Å²) in [4.78, 5) is 14.7. The van der Waals surface area contributed by atoms with Crippen molar-refractivity contribution in [2.24, 2.45) is 11.8 Å².